The number of anilines is 1. The maximum atomic E-state index is 9.51. The summed E-state index contributed by atoms with van der Waals surface area (Å²) in [4.78, 5) is 6.72. The third-order valence-electron chi connectivity index (χ3n) is 3.98. The summed E-state index contributed by atoms with van der Waals surface area (Å²) in [5.74, 6) is 0. The maximum Gasteiger partial charge on any atom is 0.0931 e. The van der Waals surface area contributed by atoms with Crippen LogP contribution in [0.4, 0.5) is 5.69 Å². The van der Waals surface area contributed by atoms with Crippen molar-refractivity contribution >= 4 is 5.69 Å². The summed E-state index contributed by atoms with van der Waals surface area (Å²) in [5, 5.41) is 9.51. The molecule has 0 amide bonds. The Kier molecular flexibility index (Phi) is 3.70. The van der Waals surface area contributed by atoms with Crippen LogP contribution in [0.5, 0.6) is 0 Å². The second-order valence-corrected chi connectivity index (χ2v) is 5.37. The first-order chi connectivity index (χ1) is 9.74. The Hall–Kier alpha value is -1.87. The molecule has 1 N–H and O–H groups in total. The second-order valence-electron chi connectivity index (χ2n) is 5.37. The van der Waals surface area contributed by atoms with Gasteiger partial charge >= 0.3 is 0 Å². The molecule has 1 aliphatic rings. The van der Waals surface area contributed by atoms with Crippen molar-refractivity contribution in [3.8, 4) is 0 Å². The molecule has 2 heterocycles. The van der Waals surface area contributed by atoms with Gasteiger partial charge in [0.1, 0.15) is 0 Å². The number of rotatable bonds is 2. The number of aromatic nitrogens is 1. The highest BCUT2D eigenvalue weighted by Crippen LogP contribution is 2.21. The van der Waals surface area contributed by atoms with E-state index in [4.69, 9.17) is 0 Å². The normalized spacial score (nSPS) is 16.4. The third kappa shape index (κ3) is 2.68. The van der Waals surface area contributed by atoms with Crippen LogP contribution in [0, 0.1) is 0 Å². The molecule has 0 fully saturated rings. The number of aliphatic hydroxyl groups is 1. The maximum absolute atomic E-state index is 9.51. The van der Waals surface area contributed by atoms with Gasteiger partial charge in [0, 0.05) is 13.1 Å². The third-order valence-corrected chi connectivity index (χ3v) is 3.98. The van der Waals surface area contributed by atoms with Crippen molar-refractivity contribution in [2.45, 2.75) is 25.9 Å². The van der Waals surface area contributed by atoms with Gasteiger partial charge in [0.2, 0.25) is 0 Å². The molecule has 0 aliphatic carbocycles. The van der Waals surface area contributed by atoms with E-state index in [2.05, 4.69) is 40.2 Å². The van der Waals surface area contributed by atoms with Crippen LogP contribution in [0.1, 0.15) is 29.8 Å². The van der Waals surface area contributed by atoms with Gasteiger partial charge in [-0.1, -0.05) is 24.3 Å². The van der Waals surface area contributed by atoms with E-state index in [-0.39, 0.29) is 0 Å². The van der Waals surface area contributed by atoms with Crippen molar-refractivity contribution in [2.24, 2.45) is 0 Å². The fraction of sp³-hybridized carbons (Fsp3) is 0.353. The van der Waals surface area contributed by atoms with Gasteiger partial charge in [-0.3, -0.25) is 4.98 Å². The van der Waals surface area contributed by atoms with E-state index in [1.165, 1.54) is 11.1 Å². The van der Waals surface area contributed by atoms with Gasteiger partial charge in [0.25, 0.3) is 0 Å². The molecule has 3 nitrogen and oxygen atoms in total. The Labute approximate surface area is 119 Å². The monoisotopic (exact) mass is 268 g/mol. The SMILES string of the molecule is C[C@@H](O)c1ccc(N2CCc3ccccc3CC2)cn1. The zero-order chi connectivity index (χ0) is 13.9. The Bertz CT molecular complexity index is 551. The molecule has 1 aromatic heterocycles. The van der Waals surface area contributed by atoms with Gasteiger partial charge < -0.3 is 10.0 Å². The van der Waals surface area contributed by atoms with Gasteiger partial charge in [0.15, 0.2) is 0 Å². The highest BCUT2D eigenvalue weighted by Gasteiger charge is 2.14. The zero-order valence-electron chi connectivity index (χ0n) is 11.8. The molecular weight excluding hydrogens is 248 g/mol. The summed E-state index contributed by atoms with van der Waals surface area (Å²) in [7, 11) is 0. The van der Waals surface area contributed by atoms with Gasteiger partial charge in [-0.05, 0) is 43.0 Å². The Balaban J connectivity index is 1.76. The number of hydrogen-bond acceptors (Lipinski definition) is 3. The van der Waals surface area contributed by atoms with Gasteiger partial charge in [-0.15, -0.1) is 0 Å². The minimum absolute atomic E-state index is 0.502. The molecule has 20 heavy (non-hydrogen) atoms. The van der Waals surface area contributed by atoms with Crippen LogP contribution in [-0.4, -0.2) is 23.2 Å². The predicted octanol–water partition coefficient (Wildman–Crippen LogP) is 2.74. The smallest absolute Gasteiger partial charge is 0.0931 e. The Morgan fingerprint density at radius 3 is 2.20 bits per heavy atom. The largest absolute Gasteiger partial charge is 0.387 e. The van der Waals surface area contributed by atoms with Gasteiger partial charge in [0.05, 0.1) is 23.7 Å². The molecule has 1 aromatic carbocycles. The summed E-state index contributed by atoms with van der Waals surface area (Å²) < 4.78 is 0. The van der Waals surface area contributed by atoms with E-state index in [1.54, 1.807) is 6.92 Å². The number of aliphatic hydroxyl groups excluding tert-OH is 1. The molecule has 0 bridgehead atoms. The van der Waals surface area contributed by atoms with E-state index < -0.39 is 6.10 Å². The molecule has 1 atom stereocenters. The van der Waals surface area contributed by atoms with Crippen LogP contribution in [0.3, 0.4) is 0 Å². The van der Waals surface area contributed by atoms with Crippen LogP contribution >= 0.6 is 0 Å². The van der Waals surface area contributed by atoms with Crippen molar-refractivity contribution in [2.75, 3.05) is 18.0 Å². The van der Waals surface area contributed by atoms with E-state index >= 15 is 0 Å². The lowest BCUT2D eigenvalue weighted by molar-refractivity contribution is 0.194. The van der Waals surface area contributed by atoms with E-state index in [0.717, 1.165) is 37.3 Å². The Morgan fingerprint density at radius 1 is 1.05 bits per heavy atom. The fourth-order valence-corrected chi connectivity index (χ4v) is 2.76. The number of fused-ring (bicyclic) bond motifs is 1. The molecule has 2 aromatic rings. The summed E-state index contributed by atoms with van der Waals surface area (Å²) in [6.45, 7) is 3.78. The van der Waals surface area contributed by atoms with Crippen molar-refractivity contribution < 1.29 is 5.11 Å². The first-order valence-corrected chi connectivity index (χ1v) is 7.20. The number of benzene rings is 1. The molecule has 3 heteroatoms. The molecule has 0 saturated heterocycles. The first-order valence-electron chi connectivity index (χ1n) is 7.20. The molecule has 0 radical (unpaired) electrons. The van der Waals surface area contributed by atoms with Crippen LogP contribution in [0.15, 0.2) is 42.6 Å². The average molecular weight is 268 g/mol. The standard InChI is InChI=1S/C17H20N2O/c1-13(20)17-7-6-16(12-18-17)19-10-8-14-4-2-3-5-15(14)9-11-19/h2-7,12-13,20H,8-11H2,1H3/t13-/m1/s1. The van der Waals surface area contributed by atoms with E-state index in [9.17, 15) is 5.11 Å². The molecule has 104 valence electrons. The molecule has 0 unspecified atom stereocenters. The minimum atomic E-state index is -0.502. The molecular formula is C17H20N2O. The molecule has 0 spiro atoms. The lowest BCUT2D eigenvalue weighted by Gasteiger charge is -2.22. The lowest BCUT2D eigenvalue weighted by Crippen LogP contribution is -2.26. The predicted molar refractivity (Wildman–Crippen MR) is 80.9 cm³/mol. The van der Waals surface area contributed by atoms with Crippen LogP contribution in [0.25, 0.3) is 0 Å². The van der Waals surface area contributed by atoms with Crippen molar-refractivity contribution in [3.05, 3.63) is 59.4 Å². The summed E-state index contributed by atoms with van der Waals surface area (Å²) in [6, 6.07) is 12.7. The highest BCUT2D eigenvalue weighted by atomic mass is 16.3. The van der Waals surface area contributed by atoms with Crippen LogP contribution in [0.2, 0.25) is 0 Å². The van der Waals surface area contributed by atoms with Crippen molar-refractivity contribution in [1.82, 2.24) is 4.98 Å². The first kappa shape index (κ1) is 13.1. The fourth-order valence-electron chi connectivity index (χ4n) is 2.76. The van der Waals surface area contributed by atoms with Crippen LogP contribution < -0.4 is 4.90 Å². The molecule has 0 saturated carbocycles. The number of hydrogen-bond donors (Lipinski definition) is 1. The summed E-state index contributed by atoms with van der Waals surface area (Å²) in [5.41, 5.74) is 4.79. The van der Waals surface area contributed by atoms with Gasteiger partial charge in [-0.25, -0.2) is 0 Å². The molecule has 3 rings (SSSR count). The second kappa shape index (κ2) is 5.63. The number of pyridine rings is 1. The summed E-state index contributed by atoms with van der Waals surface area (Å²) >= 11 is 0. The van der Waals surface area contributed by atoms with Gasteiger partial charge in [-0.2, -0.15) is 0 Å². The average Bonchev–Trinajstić information content (AvgIpc) is 2.70. The van der Waals surface area contributed by atoms with Crippen LogP contribution in [-0.2, 0) is 12.8 Å². The zero-order valence-corrected chi connectivity index (χ0v) is 11.8. The van der Waals surface area contributed by atoms with E-state index in [0.29, 0.717) is 0 Å². The topological polar surface area (TPSA) is 36.4 Å². The van der Waals surface area contributed by atoms with Crippen molar-refractivity contribution in [3.63, 3.8) is 0 Å². The highest BCUT2D eigenvalue weighted by molar-refractivity contribution is 5.46. The quantitative estimate of drug-likeness (QED) is 0.910. The summed E-state index contributed by atoms with van der Waals surface area (Å²) in [6.07, 6.45) is 3.53. The van der Waals surface area contributed by atoms with Crippen molar-refractivity contribution in [1.29, 1.82) is 0 Å². The van der Waals surface area contributed by atoms with E-state index in [1.807, 2.05) is 12.3 Å². The minimum Gasteiger partial charge on any atom is -0.387 e. The number of nitrogens with zero attached hydrogens (tertiary/aromatic N) is 2. The lowest BCUT2D eigenvalue weighted by atomic mass is 10.0. The molecule has 1 aliphatic heterocycles. The Morgan fingerprint density at radius 2 is 1.70 bits per heavy atom.